The van der Waals surface area contributed by atoms with Crippen LogP contribution in [-0.2, 0) is 5.41 Å². The summed E-state index contributed by atoms with van der Waals surface area (Å²) in [7, 11) is 0. The molecule has 0 radical (unpaired) electrons. The predicted octanol–water partition coefficient (Wildman–Crippen LogP) is 13.9. The Labute approximate surface area is 341 Å². The van der Waals surface area contributed by atoms with Crippen molar-refractivity contribution in [2.75, 3.05) is 9.80 Å². The maximum atomic E-state index is 9.65. The van der Waals surface area contributed by atoms with Gasteiger partial charge in [0, 0.05) is 39.5 Å². The third-order valence-corrected chi connectivity index (χ3v) is 14.3. The summed E-state index contributed by atoms with van der Waals surface area (Å²) in [4.78, 5) is 4.74. The molecule has 1 spiro atoms. The SMILES string of the molecule is Cc1ccccc1N(c1ccc(C#N)cc1)c1ccc2c(c1)C1(c3cc4cc(N(c5ccc(C#N)cc5)c5ccccc5C)ccc4cc3-2)C2CC3CC(C2)CC1C3. The molecule has 7 aromatic carbocycles. The van der Waals surface area contributed by atoms with E-state index in [-0.39, 0.29) is 5.41 Å². The van der Waals surface area contributed by atoms with E-state index in [0.29, 0.717) is 23.0 Å². The van der Waals surface area contributed by atoms with Crippen molar-refractivity contribution in [1.29, 1.82) is 10.5 Å². The van der Waals surface area contributed by atoms with Crippen LogP contribution in [0, 0.1) is 60.2 Å². The Morgan fingerprint density at radius 2 is 0.948 bits per heavy atom. The molecule has 0 N–H and O–H groups in total. The van der Waals surface area contributed by atoms with Gasteiger partial charge in [0.15, 0.2) is 0 Å². The average Bonchev–Trinajstić information content (AvgIpc) is 3.52. The van der Waals surface area contributed by atoms with Crippen molar-refractivity contribution in [3.05, 3.63) is 179 Å². The molecule has 0 saturated heterocycles. The minimum absolute atomic E-state index is 0.0385. The predicted molar refractivity (Wildman–Crippen MR) is 235 cm³/mol. The Hall–Kier alpha value is -6.62. The van der Waals surface area contributed by atoms with Gasteiger partial charge in [0.2, 0.25) is 0 Å². The van der Waals surface area contributed by atoms with Crippen LogP contribution >= 0.6 is 0 Å². The molecule has 4 bridgehead atoms. The molecule has 4 fully saturated rings. The topological polar surface area (TPSA) is 54.1 Å². The van der Waals surface area contributed by atoms with Crippen molar-refractivity contribution >= 4 is 44.9 Å². The molecule has 280 valence electrons. The first-order valence-electron chi connectivity index (χ1n) is 20.9. The van der Waals surface area contributed by atoms with Gasteiger partial charge in [-0.15, -0.1) is 0 Å². The van der Waals surface area contributed by atoms with Crippen LogP contribution in [0.3, 0.4) is 0 Å². The van der Waals surface area contributed by atoms with E-state index in [4.69, 9.17) is 0 Å². The second-order valence-electron chi connectivity index (χ2n) is 17.4. The molecule has 4 saturated carbocycles. The number of nitrogens with zero attached hydrogens (tertiary/aromatic N) is 4. The molecule has 12 rings (SSSR count). The smallest absolute Gasteiger partial charge is 0.0991 e. The third kappa shape index (κ3) is 5.18. The van der Waals surface area contributed by atoms with Gasteiger partial charge >= 0.3 is 0 Å². The molecule has 58 heavy (non-hydrogen) atoms. The highest BCUT2D eigenvalue weighted by atomic mass is 15.1. The number of nitriles is 2. The monoisotopic (exact) mass is 748 g/mol. The largest absolute Gasteiger partial charge is 0.310 e. The van der Waals surface area contributed by atoms with Gasteiger partial charge in [-0.1, -0.05) is 48.5 Å². The number of aryl methyl sites for hydroxylation is 2. The molecule has 5 aliphatic rings. The van der Waals surface area contributed by atoms with E-state index in [9.17, 15) is 10.5 Å². The lowest BCUT2D eigenvalue weighted by atomic mass is 9.43. The first-order chi connectivity index (χ1) is 28.4. The highest BCUT2D eigenvalue weighted by Gasteiger charge is 2.61. The van der Waals surface area contributed by atoms with E-state index in [1.54, 1.807) is 0 Å². The number of anilines is 6. The van der Waals surface area contributed by atoms with Gasteiger partial charge in [0.25, 0.3) is 0 Å². The zero-order valence-electron chi connectivity index (χ0n) is 33.0. The van der Waals surface area contributed by atoms with E-state index in [2.05, 4.69) is 157 Å². The molecule has 7 aromatic rings. The van der Waals surface area contributed by atoms with Gasteiger partial charge < -0.3 is 9.80 Å². The second-order valence-corrected chi connectivity index (χ2v) is 17.4. The number of rotatable bonds is 6. The van der Waals surface area contributed by atoms with Gasteiger partial charge in [0.05, 0.1) is 23.3 Å². The maximum Gasteiger partial charge on any atom is 0.0991 e. The molecule has 0 aliphatic heterocycles. The summed E-state index contributed by atoms with van der Waals surface area (Å²) in [6.45, 7) is 4.36. The van der Waals surface area contributed by atoms with Crippen molar-refractivity contribution in [3.63, 3.8) is 0 Å². The molecule has 5 aliphatic carbocycles. The lowest BCUT2D eigenvalue weighted by Gasteiger charge is -2.61. The summed E-state index contributed by atoms with van der Waals surface area (Å²) in [5, 5.41) is 21.8. The lowest BCUT2D eigenvalue weighted by molar-refractivity contribution is -0.0398. The first kappa shape index (κ1) is 34.6. The summed E-state index contributed by atoms with van der Waals surface area (Å²) >= 11 is 0. The standard InChI is InChI=1S/C54H44N4/c1-34-7-3-5-9-52(34)57(44-16-11-36(32-55)12-17-44)46-20-15-40-29-49-48-22-21-47(58(53-10-6-4-8-35(53)2)45-18-13-37(33-56)14-19-45)31-51(48)54(50(49)30-41(40)28-46)42-24-38-23-39(26-42)27-43(54)25-38/h3-22,28-31,38-39,42-43H,23-27H2,1-2H3. The maximum absolute atomic E-state index is 9.65. The first-order valence-corrected chi connectivity index (χ1v) is 20.9. The highest BCUT2D eigenvalue weighted by Crippen LogP contribution is 2.70. The number of fused-ring (bicyclic) bond motifs is 4. The van der Waals surface area contributed by atoms with Crippen LogP contribution in [0.15, 0.2) is 146 Å². The zero-order valence-corrected chi connectivity index (χ0v) is 33.0. The normalized spacial score (nSPS) is 22.0. The summed E-state index contributed by atoms with van der Waals surface area (Å²) < 4.78 is 0. The molecular formula is C54H44N4. The van der Waals surface area contributed by atoms with Gasteiger partial charge in [-0.3, -0.25) is 0 Å². The van der Waals surface area contributed by atoms with Crippen LogP contribution in [0.4, 0.5) is 34.1 Å². The van der Waals surface area contributed by atoms with Gasteiger partial charge in [-0.25, -0.2) is 0 Å². The molecule has 4 heteroatoms. The van der Waals surface area contributed by atoms with E-state index in [0.717, 1.165) is 40.3 Å². The number of hydrogen-bond donors (Lipinski definition) is 0. The minimum atomic E-state index is -0.0385. The van der Waals surface area contributed by atoms with Crippen LogP contribution in [0.2, 0.25) is 0 Å². The molecule has 0 atom stereocenters. The fourth-order valence-electron chi connectivity index (χ4n) is 12.0. The van der Waals surface area contributed by atoms with Crippen molar-refractivity contribution < 1.29 is 0 Å². The molecular weight excluding hydrogens is 705 g/mol. The Morgan fingerprint density at radius 1 is 0.466 bits per heavy atom. The summed E-state index contributed by atoms with van der Waals surface area (Å²) in [5.41, 5.74) is 16.2. The lowest BCUT2D eigenvalue weighted by Crippen LogP contribution is -2.55. The van der Waals surface area contributed by atoms with Gasteiger partial charge in [-0.2, -0.15) is 10.5 Å². The number of hydrogen-bond acceptors (Lipinski definition) is 4. The summed E-state index contributed by atoms with van der Waals surface area (Å²) in [5.74, 6) is 2.91. The van der Waals surface area contributed by atoms with Crippen LogP contribution in [0.1, 0.15) is 65.5 Å². The Balaban J connectivity index is 1.11. The quantitative estimate of drug-likeness (QED) is 0.170. The minimum Gasteiger partial charge on any atom is -0.310 e. The number of para-hydroxylation sites is 2. The molecule has 0 unspecified atom stereocenters. The number of benzene rings is 7. The van der Waals surface area contributed by atoms with E-state index < -0.39 is 0 Å². The van der Waals surface area contributed by atoms with Gasteiger partial charge in [-0.05, 0) is 211 Å². The Bertz CT molecular complexity index is 2830. The average molecular weight is 749 g/mol. The Kier molecular flexibility index (Phi) is 7.89. The van der Waals surface area contributed by atoms with Gasteiger partial charge in [0.1, 0.15) is 0 Å². The van der Waals surface area contributed by atoms with Crippen molar-refractivity contribution in [2.45, 2.75) is 51.4 Å². The van der Waals surface area contributed by atoms with Crippen molar-refractivity contribution in [2.24, 2.45) is 23.7 Å². The molecule has 0 aromatic heterocycles. The van der Waals surface area contributed by atoms with Crippen LogP contribution in [-0.4, -0.2) is 0 Å². The van der Waals surface area contributed by atoms with Crippen LogP contribution in [0.5, 0.6) is 0 Å². The fraction of sp³-hybridized carbons (Fsp3) is 0.222. The van der Waals surface area contributed by atoms with Crippen LogP contribution < -0.4 is 9.80 Å². The van der Waals surface area contributed by atoms with E-state index >= 15 is 0 Å². The Morgan fingerprint density at radius 3 is 1.48 bits per heavy atom. The molecule has 0 amide bonds. The third-order valence-electron chi connectivity index (χ3n) is 14.3. The summed E-state index contributed by atoms with van der Waals surface area (Å²) in [6.07, 6.45) is 6.65. The molecule has 0 heterocycles. The van der Waals surface area contributed by atoms with E-state index in [1.165, 1.54) is 81.9 Å². The molecule has 4 nitrogen and oxygen atoms in total. The fourth-order valence-corrected chi connectivity index (χ4v) is 12.0. The summed E-state index contributed by atoms with van der Waals surface area (Å²) in [6, 6.07) is 57.2. The highest BCUT2D eigenvalue weighted by molar-refractivity contribution is 5.97. The zero-order chi connectivity index (χ0) is 39.1. The second kappa shape index (κ2) is 13.2. The van der Waals surface area contributed by atoms with Crippen molar-refractivity contribution in [1.82, 2.24) is 0 Å². The van der Waals surface area contributed by atoms with E-state index in [1.807, 2.05) is 24.3 Å². The van der Waals surface area contributed by atoms with Crippen LogP contribution in [0.25, 0.3) is 21.9 Å². The van der Waals surface area contributed by atoms with Crippen molar-refractivity contribution in [3.8, 4) is 23.3 Å².